The molecule has 0 radical (unpaired) electrons. The lowest BCUT2D eigenvalue weighted by atomic mass is 9.77. The van der Waals surface area contributed by atoms with Crippen molar-refractivity contribution in [2.75, 3.05) is 19.6 Å². The molecule has 2 aliphatic rings. The molecule has 6 nitrogen and oxygen atoms in total. The number of hydrogen-bond donors (Lipinski definition) is 1. The maximum Gasteiger partial charge on any atom is 0.325 e. The first-order valence-corrected chi connectivity index (χ1v) is 10.6. The lowest BCUT2D eigenvalue weighted by Crippen LogP contribution is -2.50. The van der Waals surface area contributed by atoms with Crippen LogP contribution in [0.3, 0.4) is 0 Å². The molecule has 2 fully saturated rings. The number of nitrogens with zero attached hydrogens (tertiary/aromatic N) is 2. The van der Waals surface area contributed by atoms with E-state index in [0.29, 0.717) is 43.7 Å². The normalized spacial score (nSPS) is 25.6. The predicted octanol–water partition coefficient (Wildman–Crippen LogP) is 3.41. The Bertz CT molecular complexity index is 539. The summed E-state index contributed by atoms with van der Waals surface area (Å²) in [4.78, 5) is 41.3. The van der Waals surface area contributed by atoms with Crippen LogP contribution in [0.4, 0.5) is 4.79 Å². The van der Waals surface area contributed by atoms with Gasteiger partial charge in [-0.1, -0.05) is 34.6 Å². The standard InChI is InChI=1S/C21H37N3O3/c1-15(2)8-12-23(13-9-16(3)4)18(25)14-24-19(26)21(22-20(24)27)10-6-17(5)7-11-21/h15-17H,6-14H2,1-5H3,(H,22,27). The van der Waals surface area contributed by atoms with Crippen LogP contribution in [0.2, 0.25) is 0 Å². The first-order chi connectivity index (χ1) is 12.6. The highest BCUT2D eigenvalue weighted by molar-refractivity contribution is 6.09. The minimum atomic E-state index is -0.773. The third-order valence-corrected chi connectivity index (χ3v) is 5.97. The van der Waals surface area contributed by atoms with Crippen molar-refractivity contribution in [3.8, 4) is 0 Å². The molecule has 1 saturated heterocycles. The van der Waals surface area contributed by atoms with Crippen LogP contribution in [0.25, 0.3) is 0 Å². The summed E-state index contributed by atoms with van der Waals surface area (Å²) >= 11 is 0. The average molecular weight is 380 g/mol. The Kier molecular flexibility index (Phi) is 7.29. The van der Waals surface area contributed by atoms with Crippen molar-refractivity contribution in [2.45, 2.75) is 78.7 Å². The van der Waals surface area contributed by atoms with Crippen LogP contribution >= 0.6 is 0 Å². The highest BCUT2D eigenvalue weighted by atomic mass is 16.2. The lowest BCUT2D eigenvalue weighted by molar-refractivity contribution is -0.139. The summed E-state index contributed by atoms with van der Waals surface area (Å²) in [6, 6.07) is -0.407. The van der Waals surface area contributed by atoms with E-state index in [1.54, 1.807) is 0 Å². The van der Waals surface area contributed by atoms with E-state index in [-0.39, 0.29) is 18.4 Å². The van der Waals surface area contributed by atoms with Crippen LogP contribution in [0, 0.1) is 17.8 Å². The fourth-order valence-electron chi connectivity index (χ4n) is 3.84. The van der Waals surface area contributed by atoms with Crippen molar-refractivity contribution >= 4 is 17.8 Å². The molecule has 2 rings (SSSR count). The monoisotopic (exact) mass is 379 g/mol. The molecule has 0 aromatic rings. The van der Waals surface area contributed by atoms with Crippen molar-refractivity contribution in [1.82, 2.24) is 15.1 Å². The second-order valence-corrected chi connectivity index (χ2v) is 9.33. The second-order valence-electron chi connectivity index (χ2n) is 9.33. The van der Waals surface area contributed by atoms with Gasteiger partial charge in [0, 0.05) is 13.1 Å². The number of nitrogens with one attached hydrogen (secondary N) is 1. The number of urea groups is 1. The molecule has 0 aromatic heterocycles. The lowest BCUT2D eigenvalue weighted by Gasteiger charge is -2.33. The molecule has 1 saturated carbocycles. The predicted molar refractivity (Wildman–Crippen MR) is 106 cm³/mol. The van der Waals surface area contributed by atoms with Gasteiger partial charge in [-0.15, -0.1) is 0 Å². The molecular formula is C21H37N3O3. The molecule has 6 heteroatoms. The van der Waals surface area contributed by atoms with E-state index in [9.17, 15) is 14.4 Å². The van der Waals surface area contributed by atoms with Crippen LogP contribution in [0.1, 0.15) is 73.1 Å². The molecule has 0 unspecified atom stereocenters. The molecule has 1 spiro atoms. The smallest absolute Gasteiger partial charge is 0.325 e. The Hall–Kier alpha value is -1.59. The summed E-state index contributed by atoms with van der Waals surface area (Å²) in [5, 5.41) is 2.90. The summed E-state index contributed by atoms with van der Waals surface area (Å²) in [6.07, 6.45) is 5.06. The van der Waals surface area contributed by atoms with Crippen molar-refractivity contribution in [2.24, 2.45) is 17.8 Å². The van der Waals surface area contributed by atoms with Crippen LogP contribution in [-0.4, -0.2) is 52.8 Å². The zero-order valence-corrected chi connectivity index (χ0v) is 17.7. The Morgan fingerprint density at radius 3 is 2.11 bits per heavy atom. The van der Waals surface area contributed by atoms with Crippen LogP contribution in [-0.2, 0) is 9.59 Å². The van der Waals surface area contributed by atoms with E-state index in [1.807, 2.05) is 4.90 Å². The number of rotatable bonds is 8. The van der Waals surface area contributed by atoms with E-state index in [0.717, 1.165) is 30.6 Å². The summed E-state index contributed by atoms with van der Waals surface area (Å²) in [6.45, 7) is 11.9. The first-order valence-electron chi connectivity index (χ1n) is 10.6. The minimum Gasteiger partial charge on any atom is -0.341 e. The average Bonchev–Trinajstić information content (AvgIpc) is 2.81. The van der Waals surface area contributed by atoms with Gasteiger partial charge < -0.3 is 10.2 Å². The largest absolute Gasteiger partial charge is 0.341 e. The van der Waals surface area contributed by atoms with Crippen LogP contribution in [0.15, 0.2) is 0 Å². The fourth-order valence-corrected chi connectivity index (χ4v) is 3.84. The molecule has 0 bridgehead atoms. The zero-order chi connectivity index (χ0) is 20.2. The quantitative estimate of drug-likeness (QED) is 0.657. The van der Waals surface area contributed by atoms with Gasteiger partial charge in [0.05, 0.1) is 0 Å². The molecule has 0 aromatic carbocycles. The Morgan fingerprint density at radius 2 is 1.63 bits per heavy atom. The van der Waals surface area contributed by atoms with Crippen molar-refractivity contribution in [3.63, 3.8) is 0 Å². The third-order valence-electron chi connectivity index (χ3n) is 5.97. The van der Waals surface area contributed by atoms with Crippen molar-refractivity contribution in [1.29, 1.82) is 0 Å². The molecule has 1 aliphatic carbocycles. The van der Waals surface area contributed by atoms with Crippen molar-refractivity contribution in [3.05, 3.63) is 0 Å². The molecule has 4 amide bonds. The maximum atomic E-state index is 13.0. The zero-order valence-electron chi connectivity index (χ0n) is 17.7. The molecule has 27 heavy (non-hydrogen) atoms. The van der Waals surface area contributed by atoms with E-state index in [1.165, 1.54) is 0 Å². The molecule has 0 atom stereocenters. The first kappa shape index (κ1) is 21.7. The van der Waals surface area contributed by atoms with Crippen LogP contribution in [0.5, 0.6) is 0 Å². The highest BCUT2D eigenvalue weighted by Crippen LogP contribution is 2.36. The van der Waals surface area contributed by atoms with Gasteiger partial charge in [0.2, 0.25) is 5.91 Å². The molecule has 1 N–H and O–H groups in total. The summed E-state index contributed by atoms with van der Waals surface area (Å²) in [5.41, 5.74) is -0.773. The van der Waals surface area contributed by atoms with E-state index in [2.05, 4.69) is 39.9 Å². The van der Waals surface area contributed by atoms with Gasteiger partial charge in [0.15, 0.2) is 0 Å². The van der Waals surface area contributed by atoms with Gasteiger partial charge in [-0.2, -0.15) is 0 Å². The van der Waals surface area contributed by atoms with Gasteiger partial charge >= 0.3 is 6.03 Å². The molecule has 154 valence electrons. The van der Waals surface area contributed by atoms with Gasteiger partial charge in [-0.25, -0.2) is 4.79 Å². The topological polar surface area (TPSA) is 69.7 Å². The number of hydrogen-bond acceptors (Lipinski definition) is 3. The van der Waals surface area contributed by atoms with Gasteiger partial charge in [0.25, 0.3) is 5.91 Å². The van der Waals surface area contributed by atoms with E-state index >= 15 is 0 Å². The fraction of sp³-hybridized carbons (Fsp3) is 0.857. The van der Waals surface area contributed by atoms with Gasteiger partial charge in [0.1, 0.15) is 12.1 Å². The third kappa shape index (κ3) is 5.45. The van der Waals surface area contributed by atoms with Gasteiger partial charge in [-0.3, -0.25) is 14.5 Å². The Labute approximate surface area is 164 Å². The summed E-state index contributed by atoms with van der Waals surface area (Å²) < 4.78 is 0. The van der Waals surface area contributed by atoms with E-state index in [4.69, 9.17) is 0 Å². The molecule has 1 aliphatic heterocycles. The van der Waals surface area contributed by atoms with E-state index < -0.39 is 11.6 Å². The summed E-state index contributed by atoms with van der Waals surface area (Å²) in [5.74, 6) is 1.26. The number of carbonyl (C=O) groups is 3. The number of amides is 4. The highest BCUT2D eigenvalue weighted by Gasteiger charge is 2.52. The maximum absolute atomic E-state index is 13.0. The molecule has 1 heterocycles. The van der Waals surface area contributed by atoms with Crippen molar-refractivity contribution < 1.29 is 14.4 Å². The Balaban J connectivity index is 2.02. The van der Waals surface area contributed by atoms with Gasteiger partial charge in [-0.05, 0) is 56.3 Å². The summed E-state index contributed by atoms with van der Waals surface area (Å²) in [7, 11) is 0. The molecular weight excluding hydrogens is 342 g/mol. The SMILES string of the molecule is CC(C)CCN(CCC(C)C)C(=O)CN1C(=O)NC2(CCC(C)CC2)C1=O. The number of imide groups is 1. The Morgan fingerprint density at radius 1 is 1.11 bits per heavy atom. The second kappa shape index (κ2) is 9.07. The van der Waals surface area contributed by atoms with Crippen LogP contribution < -0.4 is 5.32 Å². The minimum absolute atomic E-state index is 0.124. The number of carbonyl (C=O) groups excluding carboxylic acids is 3.